The lowest BCUT2D eigenvalue weighted by Gasteiger charge is -1.94. The summed E-state index contributed by atoms with van der Waals surface area (Å²) in [6.45, 7) is 0. The molecule has 2 aromatic heterocycles. The van der Waals surface area contributed by atoms with E-state index in [9.17, 15) is 9.18 Å². The van der Waals surface area contributed by atoms with Gasteiger partial charge in [0.15, 0.2) is 5.78 Å². The fraction of sp³-hybridized carbons (Fsp3) is 0.200. The summed E-state index contributed by atoms with van der Waals surface area (Å²) in [7, 11) is 1.78. The molecule has 0 amide bonds. The van der Waals surface area contributed by atoms with Crippen LogP contribution in [-0.4, -0.2) is 15.6 Å². The fourth-order valence-electron chi connectivity index (χ4n) is 1.32. The molecule has 0 aliphatic heterocycles. The number of hydrogen-bond acceptors (Lipinski definition) is 3. The molecule has 2 aromatic rings. The number of nitrogens with zero attached hydrogens (tertiary/aromatic N) is 2. The lowest BCUT2D eigenvalue weighted by atomic mass is 10.1. The second-order valence-electron chi connectivity index (χ2n) is 3.22. The molecule has 15 heavy (non-hydrogen) atoms. The molecule has 3 nitrogen and oxygen atoms in total. The highest BCUT2D eigenvalue weighted by Crippen LogP contribution is 2.17. The Bertz CT molecular complexity index is 489. The molecule has 0 saturated carbocycles. The number of halogens is 1. The lowest BCUT2D eigenvalue weighted by Crippen LogP contribution is -2.02. The Kier molecular flexibility index (Phi) is 2.64. The first-order valence-corrected chi connectivity index (χ1v) is 5.28. The van der Waals surface area contributed by atoms with Gasteiger partial charge in [0, 0.05) is 19.7 Å². The third kappa shape index (κ3) is 2.12. The van der Waals surface area contributed by atoms with Crippen LogP contribution in [0.5, 0.6) is 0 Å². The van der Waals surface area contributed by atoms with Gasteiger partial charge >= 0.3 is 0 Å². The molecular weight excluding hydrogens is 215 g/mol. The number of ketones is 1. The smallest absolute Gasteiger partial charge is 0.180 e. The summed E-state index contributed by atoms with van der Waals surface area (Å²) in [4.78, 5) is 11.8. The van der Waals surface area contributed by atoms with Crippen molar-refractivity contribution in [1.82, 2.24) is 9.78 Å². The summed E-state index contributed by atoms with van der Waals surface area (Å²) in [6, 6.07) is 1.31. The molecule has 2 rings (SSSR count). The zero-order chi connectivity index (χ0) is 10.8. The molecule has 0 spiro atoms. The SMILES string of the molecule is Cn1cc(CC(=O)c2sccc2F)cn1. The van der Waals surface area contributed by atoms with Gasteiger partial charge < -0.3 is 0 Å². The Morgan fingerprint density at radius 3 is 3.00 bits per heavy atom. The van der Waals surface area contributed by atoms with Crippen molar-refractivity contribution in [3.8, 4) is 0 Å². The van der Waals surface area contributed by atoms with Crippen LogP contribution in [0.15, 0.2) is 23.8 Å². The van der Waals surface area contributed by atoms with Crippen LogP contribution < -0.4 is 0 Å². The number of carbonyl (C=O) groups excluding carboxylic acids is 1. The van der Waals surface area contributed by atoms with Gasteiger partial charge in [0.25, 0.3) is 0 Å². The predicted molar refractivity (Wildman–Crippen MR) is 55.5 cm³/mol. The van der Waals surface area contributed by atoms with Crippen LogP contribution in [0.4, 0.5) is 4.39 Å². The van der Waals surface area contributed by atoms with Crippen LogP contribution in [0.2, 0.25) is 0 Å². The summed E-state index contributed by atoms with van der Waals surface area (Å²) >= 11 is 1.13. The molecule has 2 heterocycles. The van der Waals surface area contributed by atoms with Gasteiger partial charge in [-0.15, -0.1) is 11.3 Å². The number of Topliss-reactive ketones (excluding diaryl/α,β-unsaturated/α-hetero) is 1. The highest BCUT2D eigenvalue weighted by molar-refractivity contribution is 7.12. The van der Waals surface area contributed by atoms with E-state index in [1.165, 1.54) is 6.07 Å². The van der Waals surface area contributed by atoms with E-state index in [1.54, 1.807) is 29.5 Å². The van der Waals surface area contributed by atoms with Gasteiger partial charge in [-0.1, -0.05) is 0 Å². The molecule has 0 N–H and O–H groups in total. The summed E-state index contributed by atoms with van der Waals surface area (Å²) < 4.78 is 14.7. The van der Waals surface area contributed by atoms with Crippen LogP contribution in [0.1, 0.15) is 15.2 Å². The largest absolute Gasteiger partial charge is 0.293 e. The molecule has 0 bridgehead atoms. The summed E-state index contributed by atoms with van der Waals surface area (Å²) in [5.74, 6) is -0.635. The van der Waals surface area contributed by atoms with Gasteiger partial charge in [0.2, 0.25) is 0 Å². The van der Waals surface area contributed by atoms with Gasteiger partial charge in [0.05, 0.1) is 6.20 Å². The van der Waals surface area contributed by atoms with E-state index in [-0.39, 0.29) is 17.1 Å². The molecule has 0 saturated heterocycles. The van der Waals surface area contributed by atoms with Gasteiger partial charge in [-0.25, -0.2) is 4.39 Å². The van der Waals surface area contributed by atoms with Crippen molar-refractivity contribution in [3.63, 3.8) is 0 Å². The predicted octanol–water partition coefficient (Wildman–Crippen LogP) is 2.05. The molecule has 78 valence electrons. The van der Waals surface area contributed by atoms with Crippen LogP contribution in [-0.2, 0) is 13.5 Å². The van der Waals surface area contributed by atoms with Crippen molar-refractivity contribution < 1.29 is 9.18 Å². The Balaban J connectivity index is 2.14. The van der Waals surface area contributed by atoms with Crippen LogP contribution in [0.25, 0.3) is 0 Å². The fourth-order valence-corrected chi connectivity index (χ4v) is 2.03. The third-order valence-electron chi connectivity index (χ3n) is 1.99. The van der Waals surface area contributed by atoms with Crippen molar-refractivity contribution in [2.45, 2.75) is 6.42 Å². The molecular formula is C10H9FN2OS. The maximum Gasteiger partial charge on any atom is 0.180 e. The van der Waals surface area contributed by atoms with Crippen molar-refractivity contribution in [3.05, 3.63) is 40.1 Å². The molecule has 5 heteroatoms. The minimum absolute atomic E-state index is 0.193. The zero-order valence-corrected chi connectivity index (χ0v) is 8.92. The number of hydrogen-bond donors (Lipinski definition) is 0. The Morgan fingerprint density at radius 2 is 2.47 bits per heavy atom. The first-order chi connectivity index (χ1) is 7.16. The Labute approximate surface area is 90.2 Å². The van der Waals surface area contributed by atoms with E-state index < -0.39 is 5.82 Å². The Hall–Kier alpha value is -1.49. The molecule has 0 aliphatic carbocycles. The second kappa shape index (κ2) is 3.94. The van der Waals surface area contributed by atoms with E-state index in [0.717, 1.165) is 16.9 Å². The average molecular weight is 224 g/mol. The summed E-state index contributed by atoms with van der Waals surface area (Å²) in [6.07, 6.45) is 3.57. The third-order valence-corrected chi connectivity index (χ3v) is 2.92. The first-order valence-electron chi connectivity index (χ1n) is 4.40. The van der Waals surface area contributed by atoms with E-state index in [2.05, 4.69) is 5.10 Å². The van der Waals surface area contributed by atoms with E-state index >= 15 is 0 Å². The molecule has 0 fully saturated rings. The second-order valence-corrected chi connectivity index (χ2v) is 4.14. The van der Waals surface area contributed by atoms with Crippen LogP contribution in [0.3, 0.4) is 0 Å². The quantitative estimate of drug-likeness (QED) is 0.748. The maximum absolute atomic E-state index is 13.1. The van der Waals surface area contributed by atoms with E-state index in [4.69, 9.17) is 0 Å². The summed E-state index contributed by atoms with van der Waals surface area (Å²) in [5, 5.41) is 5.52. The first kappa shape index (κ1) is 10.0. The van der Waals surface area contributed by atoms with Crippen LogP contribution >= 0.6 is 11.3 Å². The minimum Gasteiger partial charge on any atom is -0.293 e. The van der Waals surface area contributed by atoms with E-state index in [1.807, 2.05) is 0 Å². The molecule has 0 aromatic carbocycles. The normalized spacial score (nSPS) is 10.5. The van der Waals surface area contributed by atoms with E-state index in [0.29, 0.717) is 0 Å². The van der Waals surface area contributed by atoms with Gasteiger partial charge in [-0.05, 0) is 17.0 Å². The van der Waals surface area contributed by atoms with Crippen molar-refractivity contribution in [2.75, 3.05) is 0 Å². The topological polar surface area (TPSA) is 34.9 Å². The molecule has 0 radical (unpaired) electrons. The monoisotopic (exact) mass is 224 g/mol. The van der Waals surface area contributed by atoms with Gasteiger partial charge in [-0.3, -0.25) is 9.48 Å². The lowest BCUT2D eigenvalue weighted by molar-refractivity contribution is 0.0993. The number of carbonyl (C=O) groups is 1. The number of aryl methyl sites for hydroxylation is 1. The van der Waals surface area contributed by atoms with Crippen molar-refractivity contribution in [1.29, 1.82) is 0 Å². The Morgan fingerprint density at radius 1 is 1.67 bits per heavy atom. The minimum atomic E-state index is -0.436. The van der Waals surface area contributed by atoms with Gasteiger partial charge in [0.1, 0.15) is 10.7 Å². The van der Waals surface area contributed by atoms with Crippen molar-refractivity contribution in [2.24, 2.45) is 7.05 Å². The number of aromatic nitrogens is 2. The number of thiophene rings is 1. The maximum atomic E-state index is 13.1. The average Bonchev–Trinajstić information content (AvgIpc) is 2.75. The highest BCUT2D eigenvalue weighted by Gasteiger charge is 2.14. The molecule has 0 unspecified atom stereocenters. The van der Waals surface area contributed by atoms with Crippen molar-refractivity contribution >= 4 is 17.1 Å². The standard InChI is InChI=1S/C10H9FN2OS/c1-13-6-7(5-12-13)4-9(14)10-8(11)2-3-15-10/h2-3,5-6H,4H2,1H3. The number of rotatable bonds is 3. The van der Waals surface area contributed by atoms with Crippen LogP contribution in [0, 0.1) is 5.82 Å². The zero-order valence-electron chi connectivity index (χ0n) is 8.11. The molecule has 0 aliphatic rings. The van der Waals surface area contributed by atoms with Gasteiger partial charge in [-0.2, -0.15) is 5.10 Å². The highest BCUT2D eigenvalue weighted by atomic mass is 32.1. The molecule has 0 atom stereocenters. The summed E-state index contributed by atoms with van der Waals surface area (Å²) in [5.41, 5.74) is 0.801.